The topological polar surface area (TPSA) is 77.2 Å². The number of carboxylic acids is 1. The minimum absolute atomic E-state index is 0.175. The number of rotatable bonds is 4. The molecule has 0 bridgehead atoms. The van der Waals surface area contributed by atoms with Crippen LogP contribution in [0.4, 0.5) is 13.2 Å². The van der Waals surface area contributed by atoms with Crippen molar-refractivity contribution in [2.24, 2.45) is 0 Å². The van der Waals surface area contributed by atoms with Crippen LogP contribution in [0.25, 0.3) is 11.1 Å². The second kappa shape index (κ2) is 5.66. The molecule has 1 N–H and O–H groups in total. The van der Waals surface area contributed by atoms with Gasteiger partial charge in [-0.1, -0.05) is 0 Å². The third-order valence-electron chi connectivity index (χ3n) is 2.94. The smallest absolute Gasteiger partial charge is 0.437 e. The predicted molar refractivity (Wildman–Crippen MR) is 69.6 cm³/mol. The second-order valence-electron chi connectivity index (χ2n) is 4.32. The molecule has 0 aromatic carbocycles. The van der Waals surface area contributed by atoms with Gasteiger partial charge in [0, 0.05) is 30.1 Å². The zero-order valence-corrected chi connectivity index (χ0v) is 11.7. The zero-order chi connectivity index (χ0) is 16.5. The molecule has 0 atom stereocenters. The van der Waals surface area contributed by atoms with Crippen LogP contribution < -0.4 is 4.74 Å². The van der Waals surface area contributed by atoms with Gasteiger partial charge in [0.2, 0.25) is 0 Å². The number of aromatic nitrogens is 3. The van der Waals surface area contributed by atoms with Crippen molar-refractivity contribution in [3.05, 3.63) is 29.8 Å². The van der Waals surface area contributed by atoms with E-state index in [9.17, 15) is 18.0 Å². The molecule has 9 heteroatoms. The molecule has 0 radical (unpaired) electrons. The Labute approximate surface area is 123 Å². The molecule has 0 fully saturated rings. The summed E-state index contributed by atoms with van der Waals surface area (Å²) in [4.78, 5) is 14.6. The molecule has 118 valence electrons. The van der Waals surface area contributed by atoms with Gasteiger partial charge in [0.05, 0.1) is 7.11 Å². The number of hydrogen-bond acceptors (Lipinski definition) is 4. The molecule has 2 rings (SSSR count). The van der Waals surface area contributed by atoms with E-state index in [0.29, 0.717) is 6.54 Å². The lowest BCUT2D eigenvalue weighted by atomic mass is 10.1. The van der Waals surface area contributed by atoms with E-state index < -0.39 is 23.6 Å². The summed E-state index contributed by atoms with van der Waals surface area (Å²) in [6, 6.07) is 1.10. The number of ether oxygens (including phenoxy) is 1. The molecule has 0 unspecified atom stereocenters. The summed E-state index contributed by atoms with van der Waals surface area (Å²) in [6.07, 6.45) is -2.27. The summed E-state index contributed by atoms with van der Waals surface area (Å²) in [6.45, 7) is 2.18. The molecule has 2 heterocycles. The van der Waals surface area contributed by atoms with E-state index in [-0.39, 0.29) is 16.8 Å². The number of aromatic carboxylic acids is 1. The average molecular weight is 315 g/mol. The third kappa shape index (κ3) is 2.87. The Balaban J connectivity index is 2.59. The van der Waals surface area contributed by atoms with Crippen molar-refractivity contribution in [1.82, 2.24) is 14.8 Å². The van der Waals surface area contributed by atoms with Crippen LogP contribution in [-0.2, 0) is 12.7 Å². The lowest BCUT2D eigenvalue weighted by molar-refractivity contribution is -0.142. The van der Waals surface area contributed by atoms with Gasteiger partial charge in [0.25, 0.3) is 0 Å². The van der Waals surface area contributed by atoms with Crippen molar-refractivity contribution in [2.45, 2.75) is 19.6 Å². The number of aryl methyl sites for hydroxylation is 1. The highest BCUT2D eigenvalue weighted by Gasteiger charge is 2.36. The van der Waals surface area contributed by atoms with Gasteiger partial charge in [-0.05, 0) is 13.0 Å². The van der Waals surface area contributed by atoms with Crippen molar-refractivity contribution in [3.63, 3.8) is 0 Å². The van der Waals surface area contributed by atoms with E-state index >= 15 is 0 Å². The van der Waals surface area contributed by atoms with Gasteiger partial charge in [-0.15, -0.1) is 0 Å². The first-order chi connectivity index (χ1) is 10.3. The number of methoxy groups -OCH3 is 1. The van der Waals surface area contributed by atoms with Crippen molar-refractivity contribution < 1.29 is 27.8 Å². The van der Waals surface area contributed by atoms with E-state index in [4.69, 9.17) is 9.84 Å². The van der Waals surface area contributed by atoms with Crippen LogP contribution in [0.15, 0.2) is 18.5 Å². The minimum Gasteiger partial charge on any atom is -0.494 e. The van der Waals surface area contributed by atoms with Gasteiger partial charge < -0.3 is 9.84 Å². The van der Waals surface area contributed by atoms with Crippen LogP contribution in [0, 0.1) is 0 Å². The Kier molecular flexibility index (Phi) is 4.07. The van der Waals surface area contributed by atoms with Crippen LogP contribution in [0.3, 0.4) is 0 Å². The van der Waals surface area contributed by atoms with Gasteiger partial charge >= 0.3 is 12.1 Å². The number of pyridine rings is 1. The lowest BCUT2D eigenvalue weighted by Gasteiger charge is -2.11. The number of carbonyl (C=O) groups is 1. The van der Waals surface area contributed by atoms with Gasteiger partial charge in [0.1, 0.15) is 5.75 Å². The van der Waals surface area contributed by atoms with Crippen molar-refractivity contribution in [2.75, 3.05) is 7.11 Å². The van der Waals surface area contributed by atoms with Crippen LogP contribution in [0.5, 0.6) is 5.75 Å². The van der Waals surface area contributed by atoms with Crippen molar-refractivity contribution >= 4 is 5.97 Å². The summed E-state index contributed by atoms with van der Waals surface area (Å²) >= 11 is 0. The molecular weight excluding hydrogens is 303 g/mol. The number of alkyl halides is 3. The van der Waals surface area contributed by atoms with E-state index in [1.54, 1.807) is 6.92 Å². The fourth-order valence-electron chi connectivity index (χ4n) is 1.91. The number of halogens is 3. The van der Waals surface area contributed by atoms with Crippen LogP contribution in [0.2, 0.25) is 0 Å². The van der Waals surface area contributed by atoms with E-state index in [0.717, 1.165) is 19.4 Å². The van der Waals surface area contributed by atoms with Crippen molar-refractivity contribution in [1.29, 1.82) is 0 Å². The maximum atomic E-state index is 12.8. The highest BCUT2D eigenvalue weighted by molar-refractivity contribution is 5.93. The van der Waals surface area contributed by atoms with Gasteiger partial charge in [-0.2, -0.15) is 18.3 Å². The molecule has 2 aromatic rings. The molecule has 2 aromatic heterocycles. The molecule has 6 nitrogen and oxygen atoms in total. The molecule has 0 amide bonds. The summed E-state index contributed by atoms with van der Waals surface area (Å²) in [5.41, 5.74) is -1.07. The maximum Gasteiger partial charge on any atom is 0.437 e. The van der Waals surface area contributed by atoms with E-state index in [2.05, 4.69) is 10.1 Å². The standard InChI is InChI=1S/C13H12F3N3O3/c1-3-19-6-8(10(18-19)12(20)21)7-4-9(22-2)11(17-5-7)13(14,15)16/h4-6H,3H2,1-2H3,(H,20,21). The molecule has 0 aliphatic carbocycles. The largest absolute Gasteiger partial charge is 0.494 e. The highest BCUT2D eigenvalue weighted by atomic mass is 19.4. The predicted octanol–water partition coefficient (Wildman–Crippen LogP) is 2.69. The summed E-state index contributed by atoms with van der Waals surface area (Å²) in [5.74, 6) is -1.76. The van der Waals surface area contributed by atoms with Gasteiger partial charge in [-0.3, -0.25) is 4.68 Å². The van der Waals surface area contributed by atoms with E-state index in [1.165, 1.54) is 10.9 Å². The monoisotopic (exact) mass is 315 g/mol. The first-order valence-corrected chi connectivity index (χ1v) is 6.20. The molecule has 0 saturated carbocycles. The second-order valence-corrected chi connectivity index (χ2v) is 4.32. The van der Waals surface area contributed by atoms with Crippen LogP contribution >= 0.6 is 0 Å². The minimum atomic E-state index is -4.66. The van der Waals surface area contributed by atoms with Crippen molar-refractivity contribution in [3.8, 4) is 16.9 Å². The first kappa shape index (κ1) is 15.8. The number of nitrogens with zero attached hydrogens (tertiary/aromatic N) is 3. The zero-order valence-electron chi connectivity index (χ0n) is 11.7. The molecule has 0 aliphatic rings. The Morgan fingerprint density at radius 1 is 1.45 bits per heavy atom. The fraction of sp³-hybridized carbons (Fsp3) is 0.308. The Morgan fingerprint density at radius 2 is 2.14 bits per heavy atom. The molecule has 0 saturated heterocycles. The SMILES string of the molecule is CCn1cc(-c2cnc(C(F)(F)F)c(OC)c2)c(C(=O)O)n1. The summed E-state index contributed by atoms with van der Waals surface area (Å²) in [5, 5.41) is 13.0. The molecule has 22 heavy (non-hydrogen) atoms. The summed E-state index contributed by atoms with van der Waals surface area (Å²) < 4.78 is 44.4. The molecule has 0 aliphatic heterocycles. The summed E-state index contributed by atoms with van der Waals surface area (Å²) in [7, 11) is 1.09. The lowest BCUT2D eigenvalue weighted by Crippen LogP contribution is -2.10. The number of carboxylic acid groups (broad SMARTS) is 1. The van der Waals surface area contributed by atoms with E-state index in [1.807, 2.05) is 0 Å². The third-order valence-corrected chi connectivity index (χ3v) is 2.94. The average Bonchev–Trinajstić information content (AvgIpc) is 2.90. The fourth-order valence-corrected chi connectivity index (χ4v) is 1.91. The Morgan fingerprint density at radius 3 is 2.64 bits per heavy atom. The number of hydrogen-bond donors (Lipinski definition) is 1. The Bertz CT molecular complexity index is 710. The van der Waals surface area contributed by atoms with Gasteiger partial charge in [0.15, 0.2) is 11.4 Å². The molecular formula is C13H12F3N3O3. The van der Waals surface area contributed by atoms with Gasteiger partial charge in [-0.25, -0.2) is 9.78 Å². The van der Waals surface area contributed by atoms with Crippen LogP contribution in [-0.4, -0.2) is 33.0 Å². The Hall–Kier alpha value is -2.58. The molecule has 0 spiro atoms. The quantitative estimate of drug-likeness (QED) is 0.938. The normalized spacial score (nSPS) is 11.5. The first-order valence-electron chi connectivity index (χ1n) is 6.20. The highest BCUT2D eigenvalue weighted by Crippen LogP contribution is 2.37. The maximum absolute atomic E-state index is 12.8. The van der Waals surface area contributed by atoms with Crippen LogP contribution in [0.1, 0.15) is 23.1 Å².